The van der Waals surface area contributed by atoms with Crippen molar-refractivity contribution in [3.05, 3.63) is 42.7 Å². The molecule has 0 aliphatic rings. The lowest BCUT2D eigenvalue weighted by Gasteiger charge is -2.00. The van der Waals surface area contributed by atoms with Gasteiger partial charge in [-0.05, 0) is 31.3 Å². The van der Waals surface area contributed by atoms with Crippen LogP contribution in [0.4, 0.5) is 4.39 Å². The van der Waals surface area contributed by atoms with E-state index in [2.05, 4.69) is 11.3 Å². The number of hydrogen-bond acceptors (Lipinski definition) is 3. The van der Waals surface area contributed by atoms with Crippen LogP contribution in [0.15, 0.2) is 41.8 Å². The normalized spacial score (nSPS) is 10.0. The molecule has 0 saturated heterocycles. The predicted molar refractivity (Wildman–Crippen MR) is 60.5 cm³/mol. The number of carboxylic acids is 1. The maximum atomic E-state index is 12.4. The fraction of sp³-hybridized carbons (Fsp3) is 0.100. The summed E-state index contributed by atoms with van der Waals surface area (Å²) >= 11 is 0. The van der Waals surface area contributed by atoms with Gasteiger partial charge in [0.15, 0.2) is 0 Å². The van der Waals surface area contributed by atoms with Gasteiger partial charge in [-0.3, -0.25) is 0 Å². The monoisotopic (exact) mass is 261 g/mol. The van der Waals surface area contributed by atoms with Crippen molar-refractivity contribution in [3.63, 3.8) is 0 Å². The van der Waals surface area contributed by atoms with E-state index in [1.54, 1.807) is 0 Å². The van der Waals surface area contributed by atoms with Gasteiger partial charge >= 0.3 is 5.97 Å². The summed E-state index contributed by atoms with van der Waals surface area (Å²) < 4.78 is 36.6. The molecule has 0 unspecified atom stereocenters. The number of halogens is 1. The minimum atomic E-state index is -3.43. The van der Waals surface area contributed by atoms with Gasteiger partial charge < -0.3 is 5.11 Å². The smallest absolute Gasteiger partial charge is 0.327 e. The highest BCUT2D eigenvalue weighted by Crippen LogP contribution is 2.08. The second-order valence-corrected chi connectivity index (χ2v) is 4.59. The Morgan fingerprint density at radius 2 is 1.82 bits per heavy atom. The predicted octanol–water partition coefficient (Wildman–Crippen LogP) is 0.991. The van der Waals surface area contributed by atoms with Gasteiger partial charge in [-0.1, -0.05) is 6.58 Å². The number of carbonyl (C=O) groups is 1. The lowest BCUT2D eigenvalue weighted by Crippen LogP contribution is -2.18. The average Bonchev–Trinajstić information content (AvgIpc) is 2.30. The lowest BCUT2D eigenvalue weighted by molar-refractivity contribution is -0.131. The largest absolute Gasteiger partial charge is 0.478 e. The summed E-state index contributed by atoms with van der Waals surface area (Å²) in [6.45, 7) is 2.96. The number of hydrogen-bond donors (Lipinski definition) is 2. The Kier molecular flexibility index (Phi) is 6.08. The van der Waals surface area contributed by atoms with Crippen LogP contribution in [0.25, 0.3) is 0 Å². The van der Waals surface area contributed by atoms with E-state index in [-0.39, 0.29) is 4.90 Å². The van der Waals surface area contributed by atoms with Crippen molar-refractivity contribution in [3.8, 4) is 0 Å². The fourth-order valence-electron chi connectivity index (χ4n) is 0.732. The quantitative estimate of drug-likeness (QED) is 0.795. The highest BCUT2D eigenvalue weighted by molar-refractivity contribution is 7.89. The van der Waals surface area contributed by atoms with Gasteiger partial charge in [0.25, 0.3) is 0 Å². The second-order valence-electron chi connectivity index (χ2n) is 2.70. The van der Waals surface area contributed by atoms with E-state index < -0.39 is 21.8 Å². The molecule has 1 rings (SSSR count). The first-order valence-electron chi connectivity index (χ1n) is 4.38. The van der Waals surface area contributed by atoms with E-state index >= 15 is 0 Å². The average molecular weight is 261 g/mol. The van der Waals surface area contributed by atoms with E-state index in [0.29, 0.717) is 0 Å². The third-order valence-electron chi connectivity index (χ3n) is 1.57. The third kappa shape index (κ3) is 5.79. The zero-order valence-electron chi connectivity index (χ0n) is 9.05. The van der Waals surface area contributed by atoms with Crippen LogP contribution in [0.5, 0.6) is 0 Å². The molecule has 94 valence electrons. The van der Waals surface area contributed by atoms with Gasteiger partial charge in [-0.2, -0.15) is 0 Å². The third-order valence-corrected chi connectivity index (χ3v) is 3.00. The van der Waals surface area contributed by atoms with Gasteiger partial charge in [0.2, 0.25) is 10.0 Å². The van der Waals surface area contributed by atoms with Crippen LogP contribution in [0, 0.1) is 5.82 Å². The molecule has 0 fully saturated rings. The molecule has 2 N–H and O–H groups in total. The van der Waals surface area contributed by atoms with Crippen molar-refractivity contribution in [2.45, 2.75) is 4.90 Å². The van der Waals surface area contributed by atoms with E-state index in [1.807, 2.05) is 0 Å². The molecule has 0 atom stereocenters. The molecule has 0 bridgehead atoms. The van der Waals surface area contributed by atoms with Gasteiger partial charge in [0.05, 0.1) is 4.90 Å². The molecule has 0 amide bonds. The Morgan fingerprint density at radius 3 is 2.12 bits per heavy atom. The van der Waals surface area contributed by atoms with E-state index in [4.69, 9.17) is 5.11 Å². The van der Waals surface area contributed by atoms with Crippen LogP contribution in [0.1, 0.15) is 0 Å². The molecule has 0 aliphatic carbocycles. The van der Waals surface area contributed by atoms with Crippen molar-refractivity contribution in [2.24, 2.45) is 0 Å². The zero-order chi connectivity index (χ0) is 13.5. The number of benzene rings is 1. The molecule has 1 aromatic carbocycles. The Labute approximate surface area is 98.6 Å². The maximum Gasteiger partial charge on any atom is 0.327 e. The summed E-state index contributed by atoms with van der Waals surface area (Å²) in [4.78, 5) is 9.31. The summed E-state index contributed by atoms with van der Waals surface area (Å²) in [6, 6.07) is 4.62. The number of sulfonamides is 1. The Balaban J connectivity index is 0.000000437. The Hall–Kier alpha value is -1.73. The minimum absolute atomic E-state index is 0.0615. The van der Waals surface area contributed by atoms with Crippen molar-refractivity contribution in [2.75, 3.05) is 7.05 Å². The summed E-state index contributed by atoms with van der Waals surface area (Å²) in [5.74, 6) is -1.44. The molecular weight excluding hydrogens is 249 g/mol. The molecular formula is C10H12FNO4S. The molecule has 0 aromatic heterocycles. The van der Waals surface area contributed by atoms with Crippen molar-refractivity contribution < 1.29 is 22.7 Å². The van der Waals surface area contributed by atoms with Crippen LogP contribution in [-0.4, -0.2) is 26.5 Å². The van der Waals surface area contributed by atoms with Gasteiger partial charge in [0, 0.05) is 6.08 Å². The van der Waals surface area contributed by atoms with Crippen LogP contribution < -0.4 is 4.72 Å². The van der Waals surface area contributed by atoms with Crippen LogP contribution in [0.3, 0.4) is 0 Å². The van der Waals surface area contributed by atoms with Crippen molar-refractivity contribution in [1.29, 1.82) is 0 Å². The van der Waals surface area contributed by atoms with E-state index in [9.17, 15) is 17.6 Å². The van der Waals surface area contributed by atoms with Crippen LogP contribution in [-0.2, 0) is 14.8 Å². The molecule has 0 saturated carbocycles. The molecule has 0 heterocycles. The number of nitrogens with one attached hydrogen (secondary N) is 1. The first-order chi connectivity index (χ1) is 7.83. The first-order valence-corrected chi connectivity index (χ1v) is 5.86. The van der Waals surface area contributed by atoms with Crippen LogP contribution >= 0.6 is 0 Å². The van der Waals surface area contributed by atoms with Gasteiger partial charge in [-0.15, -0.1) is 0 Å². The van der Waals surface area contributed by atoms with Crippen LogP contribution in [0.2, 0.25) is 0 Å². The van der Waals surface area contributed by atoms with Gasteiger partial charge in [-0.25, -0.2) is 22.3 Å². The molecule has 1 aromatic rings. The summed E-state index contributed by atoms with van der Waals surface area (Å²) in [6.07, 6.45) is 0.833. The van der Waals surface area contributed by atoms with Crippen molar-refractivity contribution >= 4 is 16.0 Å². The fourth-order valence-corrected chi connectivity index (χ4v) is 1.46. The highest BCUT2D eigenvalue weighted by Gasteiger charge is 2.09. The molecule has 0 aliphatic heterocycles. The standard InChI is InChI=1S/C7H8FNO2S.C3H4O2/c1-9-12(10,11)7-4-2-6(8)3-5-7;1-2-3(4)5/h2-5,9H,1H3;2H,1H2,(H,4,5). The molecule has 17 heavy (non-hydrogen) atoms. The SMILES string of the molecule is C=CC(=O)O.CNS(=O)(=O)c1ccc(F)cc1. The topological polar surface area (TPSA) is 83.5 Å². The Bertz CT molecular complexity index is 482. The lowest BCUT2D eigenvalue weighted by atomic mass is 10.4. The second kappa shape index (κ2) is 6.77. The summed E-state index contributed by atoms with van der Waals surface area (Å²) in [7, 11) is -2.13. The van der Waals surface area contributed by atoms with Crippen molar-refractivity contribution in [1.82, 2.24) is 4.72 Å². The number of aliphatic carboxylic acids is 1. The first kappa shape index (κ1) is 15.3. The number of rotatable bonds is 3. The van der Waals surface area contributed by atoms with Gasteiger partial charge in [0.1, 0.15) is 5.82 Å². The number of carboxylic acid groups (broad SMARTS) is 1. The Morgan fingerprint density at radius 1 is 1.41 bits per heavy atom. The molecule has 7 heteroatoms. The molecule has 0 radical (unpaired) electrons. The summed E-state index contributed by atoms with van der Waals surface area (Å²) in [5, 5.41) is 7.60. The zero-order valence-corrected chi connectivity index (χ0v) is 9.87. The molecule has 0 spiro atoms. The van der Waals surface area contributed by atoms with E-state index in [0.717, 1.165) is 18.2 Å². The van der Waals surface area contributed by atoms with E-state index in [1.165, 1.54) is 19.2 Å². The maximum absolute atomic E-state index is 12.4. The summed E-state index contributed by atoms with van der Waals surface area (Å²) in [5.41, 5.74) is 0. The highest BCUT2D eigenvalue weighted by atomic mass is 32.2. The minimum Gasteiger partial charge on any atom is -0.478 e. The molecule has 5 nitrogen and oxygen atoms in total.